The van der Waals surface area contributed by atoms with Crippen LogP contribution in [-0.2, 0) is 6.54 Å². The topological polar surface area (TPSA) is 82.7 Å². The van der Waals surface area contributed by atoms with Crippen LogP contribution in [0.2, 0.25) is 0 Å². The molecule has 1 heterocycles. The van der Waals surface area contributed by atoms with Crippen molar-refractivity contribution in [2.75, 3.05) is 6.61 Å². The lowest BCUT2D eigenvalue weighted by atomic mass is 9.85. The molecule has 1 aromatic rings. The van der Waals surface area contributed by atoms with E-state index < -0.39 is 5.97 Å². The molecule has 18 heavy (non-hydrogen) atoms. The van der Waals surface area contributed by atoms with E-state index in [1.807, 2.05) is 0 Å². The Hall–Kier alpha value is -1.33. The summed E-state index contributed by atoms with van der Waals surface area (Å²) in [6.07, 6.45) is 0.649. The van der Waals surface area contributed by atoms with Gasteiger partial charge in [-0.25, -0.2) is 4.79 Å². The van der Waals surface area contributed by atoms with E-state index in [1.165, 1.54) is 6.07 Å². The zero-order chi connectivity index (χ0) is 13.8. The van der Waals surface area contributed by atoms with E-state index in [9.17, 15) is 4.79 Å². The maximum atomic E-state index is 10.7. The number of carboxylic acid groups (broad SMARTS) is 1. The van der Waals surface area contributed by atoms with Gasteiger partial charge >= 0.3 is 5.97 Å². The Balaban J connectivity index is 2.58. The molecule has 5 heteroatoms. The number of furan rings is 1. The second-order valence-corrected chi connectivity index (χ2v) is 5.38. The minimum absolute atomic E-state index is 0.0188. The predicted molar refractivity (Wildman–Crippen MR) is 67.5 cm³/mol. The largest absolute Gasteiger partial charge is 0.475 e. The van der Waals surface area contributed by atoms with Crippen molar-refractivity contribution >= 4 is 5.97 Å². The molecule has 102 valence electrons. The van der Waals surface area contributed by atoms with Crippen LogP contribution >= 0.6 is 0 Å². The molecule has 0 aliphatic carbocycles. The van der Waals surface area contributed by atoms with Crippen LogP contribution in [0.1, 0.15) is 43.5 Å². The molecule has 1 rings (SSSR count). The van der Waals surface area contributed by atoms with Crippen LogP contribution in [0.3, 0.4) is 0 Å². The van der Waals surface area contributed by atoms with E-state index >= 15 is 0 Å². The maximum Gasteiger partial charge on any atom is 0.371 e. The van der Waals surface area contributed by atoms with Gasteiger partial charge in [-0.1, -0.05) is 20.8 Å². The fraction of sp³-hybridized carbons (Fsp3) is 0.615. The number of carboxylic acids is 1. The van der Waals surface area contributed by atoms with Gasteiger partial charge in [0, 0.05) is 12.6 Å². The first-order chi connectivity index (χ1) is 8.34. The highest BCUT2D eigenvalue weighted by Crippen LogP contribution is 2.22. The van der Waals surface area contributed by atoms with Crippen molar-refractivity contribution in [2.45, 2.75) is 39.8 Å². The molecule has 0 saturated heterocycles. The maximum absolute atomic E-state index is 10.7. The van der Waals surface area contributed by atoms with E-state index in [0.29, 0.717) is 18.7 Å². The van der Waals surface area contributed by atoms with Gasteiger partial charge in [-0.05, 0) is 24.0 Å². The Bertz CT molecular complexity index is 392. The van der Waals surface area contributed by atoms with E-state index in [0.717, 1.165) is 0 Å². The molecule has 0 aliphatic heterocycles. The van der Waals surface area contributed by atoms with Crippen LogP contribution in [0, 0.1) is 5.41 Å². The fourth-order valence-corrected chi connectivity index (χ4v) is 1.78. The third kappa shape index (κ3) is 4.16. The van der Waals surface area contributed by atoms with Crippen molar-refractivity contribution in [3.63, 3.8) is 0 Å². The molecule has 0 bridgehead atoms. The van der Waals surface area contributed by atoms with Crippen LogP contribution in [0.5, 0.6) is 0 Å². The molecule has 0 radical (unpaired) electrons. The van der Waals surface area contributed by atoms with Crippen molar-refractivity contribution in [3.8, 4) is 0 Å². The number of hydrogen-bond donors (Lipinski definition) is 3. The first kappa shape index (κ1) is 14.7. The molecular weight excluding hydrogens is 234 g/mol. The smallest absolute Gasteiger partial charge is 0.371 e. The highest BCUT2D eigenvalue weighted by atomic mass is 16.4. The summed E-state index contributed by atoms with van der Waals surface area (Å²) < 4.78 is 5.16. The Morgan fingerprint density at radius 3 is 2.56 bits per heavy atom. The van der Waals surface area contributed by atoms with Crippen LogP contribution in [-0.4, -0.2) is 28.8 Å². The molecule has 1 aromatic heterocycles. The summed E-state index contributed by atoms with van der Waals surface area (Å²) in [6, 6.07) is 3.23. The van der Waals surface area contributed by atoms with Crippen LogP contribution in [0.15, 0.2) is 16.5 Å². The Morgan fingerprint density at radius 1 is 1.44 bits per heavy atom. The molecule has 1 atom stereocenters. The van der Waals surface area contributed by atoms with E-state index in [-0.39, 0.29) is 23.8 Å². The average molecular weight is 255 g/mol. The minimum Gasteiger partial charge on any atom is -0.475 e. The molecule has 0 aromatic carbocycles. The predicted octanol–water partition coefficient (Wildman–Crippen LogP) is 1.86. The van der Waals surface area contributed by atoms with Gasteiger partial charge in [0.1, 0.15) is 5.76 Å². The summed E-state index contributed by atoms with van der Waals surface area (Å²) in [5.41, 5.74) is 0.0188. The zero-order valence-corrected chi connectivity index (χ0v) is 11.1. The monoisotopic (exact) mass is 255 g/mol. The Kier molecular flexibility index (Phi) is 4.93. The zero-order valence-electron chi connectivity index (χ0n) is 11.1. The lowest BCUT2D eigenvalue weighted by Crippen LogP contribution is -2.40. The lowest BCUT2D eigenvalue weighted by Gasteiger charge is -2.31. The summed E-state index contributed by atoms with van der Waals surface area (Å²) >= 11 is 0. The molecule has 3 N–H and O–H groups in total. The van der Waals surface area contributed by atoms with Crippen molar-refractivity contribution in [3.05, 3.63) is 23.7 Å². The highest BCUT2D eigenvalue weighted by molar-refractivity contribution is 5.84. The molecule has 0 saturated carbocycles. The average Bonchev–Trinajstić information content (AvgIpc) is 2.71. The molecular formula is C13H21NO4. The second kappa shape index (κ2) is 6.02. The normalized spacial score (nSPS) is 13.6. The molecule has 0 fully saturated rings. The van der Waals surface area contributed by atoms with Gasteiger partial charge in [-0.15, -0.1) is 0 Å². The SMILES string of the molecule is CC(C)(C)C(CCO)NCc1ccc(C(=O)O)o1. The summed E-state index contributed by atoms with van der Waals surface area (Å²) in [7, 11) is 0. The van der Waals surface area contributed by atoms with Crippen molar-refractivity contribution in [1.82, 2.24) is 5.32 Å². The van der Waals surface area contributed by atoms with Crippen LogP contribution in [0.25, 0.3) is 0 Å². The van der Waals surface area contributed by atoms with Gasteiger partial charge in [0.15, 0.2) is 0 Å². The van der Waals surface area contributed by atoms with Crippen molar-refractivity contribution in [2.24, 2.45) is 5.41 Å². The van der Waals surface area contributed by atoms with Crippen LogP contribution < -0.4 is 5.32 Å². The summed E-state index contributed by atoms with van der Waals surface area (Å²) in [6.45, 7) is 6.84. The molecule has 0 amide bonds. The summed E-state index contributed by atoms with van der Waals surface area (Å²) in [5, 5.41) is 21.1. The second-order valence-electron chi connectivity index (χ2n) is 5.38. The number of nitrogens with one attached hydrogen (secondary N) is 1. The number of aliphatic hydroxyl groups excluding tert-OH is 1. The number of carbonyl (C=O) groups is 1. The molecule has 5 nitrogen and oxygen atoms in total. The minimum atomic E-state index is -1.07. The number of hydrogen-bond acceptors (Lipinski definition) is 4. The van der Waals surface area contributed by atoms with E-state index in [1.54, 1.807) is 6.07 Å². The third-order valence-corrected chi connectivity index (χ3v) is 2.86. The Morgan fingerprint density at radius 2 is 2.11 bits per heavy atom. The number of aromatic carboxylic acids is 1. The third-order valence-electron chi connectivity index (χ3n) is 2.86. The number of aliphatic hydroxyl groups is 1. The lowest BCUT2D eigenvalue weighted by molar-refractivity contribution is 0.0659. The molecule has 0 aliphatic rings. The highest BCUT2D eigenvalue weighted by Gasteiger charge is 2.23. The fourth-order valence-electron chi connectivity index (χ4n) is 1.78. The van der Waals surface area contributed by atoms with Gasteiger partial charge in [0.05, 0.1) is 6.54 Å². The van der Waals surface area contributed by atoms with Crippen LogP contribution in [0.4, 0.5) is 0 Å². The number of rotatable bonds is 6. The van der Waals surface area contributed by atoms with E-state index in [4.69, 9.17) is 14.6 Å². The quantitative estimate of drug-likeness (QED) is 0.722. The first-order valence-electron chi connectivity index (χ1n) is 6.01. The van der Waals surface area contributed by atoms with Crippen molar-refractivity contribution < 1.29 is 19.4 Å². The van der Waals surface area contributed by atoms with Gasteiger partial charge in [0.25, 0.3) is 0 Å². The van der Waals surface area contributed by atoms with Gasteiger partial charge in [-0.2, -0.15) is 0 Å². The Labute approximate surface area is 107 Å². The van der Waals surface area contributed by atoms with E-state index in [2.05, 4.69) is 26.1 Å². The summed E-state index contributed by atoms with van der Waals surface area (Å²) in [4.78, 5) is 10.7. The first-order valence-corrected chi connectivity index (χ1v) is 6.01. The molecule has 1 unspecified atom stereocenters. The molecule has 0 spiro atoms. The summed E-state index contributed by atoms with van der Waals surface area (Å²) in [5.74, 6) is -0.537. The van der Waals surface area contributed by atoms with Gasteiger partial charge in [0.2, 0.25) is 5.76 Å². The van der Waals surface area contributed by atoms with Crippen molar-refractivity contribution in [1.29, 1.82) is 0 Å². The standard InChI is InChI=1S/C13H21NO4/c1-13(2,3)11(6-7-15)14-8-9-4-5-10(18-9)12(16)17/h4-5,11,14-15H,6-8H2,1-3H3,(H,16,17). The van der Waals surface area contributed by atoms with Gasteiger partial charge < -0.3 is 19.9 Å². The van der Waals surface area contributed by atoms with Gasteiger partial charge in [-0.3, -0.25) is 0 Å².